The molecule has 0 unspecified atom stereocenters. The molecule has 1 aromatic carbocycles. The van der Waals surface area contributed by atoms with E-state index in [1.54, 1.807) is 12.5 Å². The Morgan fingerprint density at radius 1 is 1.45 bits per heavy atom. The summed E-state index contributed by atoms with van der Waals surface area (Å²) in [5.74, 6) is 0.540. The lowest BCUT2D eigenvalue weighted by molar-refractivity contribution is 0.102. The van der Waals surface area contributed by atoms with Crippen LogP contribution < -0.4 is 15.8 Å². The van der Waals surface area contributed by atoms with Gasteiger partial charge in [-0.25, -0.2) is 4.98 Å². The Bertz CT molecular complexity index is 637. The Labute approximate surface area is 121 Å². The highest BCUT2D eigenvalue weighted by Crippen LogP contribution is 2.29. The van der Waals surface area contributed by atoms with Crippen molar-refractivity contribution < 1.29 is 9.53 Å². The molecule has 1 amide bonds. The summed E-state index contributed by atoms with van der Waals surface area (Å²) in [6, 6.07) is 3.77. The normalized spacial score (nSPS) is 10.4. The van der Waals surface area contributed by atoms with Crippen molar-refractivity contribution in [2.75, 3.05) is 12.4 Å². The van der Waals surface area contributed by atoms with Crippen molar-refractivity contribution in [3.05, 3.63) is 39.3 Å². The lowest BCUT2D eigenvalue weighted by Gasteiger charge is -2.13. The van der Waals surface area contributed by atoms with E-state index in [9.17, 15) is 4.79 Å². The third kappa shape index (κ3) is 2.81. The average Bonchev–Trinajstić information content (AvgIpc) is 2.91. The fraction of sp³-hybridized carbons (Fsp3) is 0.286. The summed E-state index contributed by atoms with van der Waals surface area (Å²) >= 11 is 1.38. The molecular weight excluding hydrogens is 274 g/mol. The van der Waals surface area contributed by atoms with Crippen molar-refractivity contribution in [2.24, 2.45) is 5.73 Å². The smallest absolute Gasteiger partial charge is 0.275 e. The Morgan fingerprint density at radius 2 is 2.20 bits per heavy atom. The number of carbonyl (C=O) groups excluding carboxylic acids is 1. The van der Waals surface area contributed by atoms with Crippen molar-refractivity contribution in [1.29, 1.82) is 0 Å². The van der Waals surface area contributed by atoms with Crippen molar-refractivity contribution >= 4 is 22.9 Å². The molecule has 3 N–H and O–H groups in total. The number of methoxy groups -OCH3 is 1. The van der Waals surface area contributed by atoms with Crippen LogP contribution in [0.15, 0.2) is 17.5 Å². The van der Waals surface area contributed by atoms with E-state index in [2.05, 4.69) is 10.3 Å². The first-order valence-electron chi connectivity index (χ1n) is 6.16. The van der Waals surface area contributed by atoms with Crippen LogP contribution in [0.5, 0.6) is 5.75 Å². The minimum atomic E-state index is -0.241. The molecule has 5 nitrogen and oxygen atoms in total. The molecule has 0 saturated heterocycles. The van der Waals surface area contributed by atoms with Crippen LogP contribution in [0, 0.1) is 13.8 Å². The number of ether oxygens (including phenoxy) is 1. The Balaban J connectivity index is 2.23. The predicted octanol–water partition coefficient (Wildman–Crippen LogP) is 2.48. The molecule has 0 aliphatic heterocycles. The van der Waals surface area contributed by atoms with Crippen molar-refractivity contribution in [3.8, 4) is 5.75 Å². The van der Waals surface area contributed by atoms with Gasteiger partial charge in [-0.05, 0) is 25.5 Å². The molecule has 20 heavy (non-hydrogen) atoms. The number of nitrogens with zero attached hydrogens (tertiary/aromatic N) is 1. The summed E-state index contributed by atoms with van der Waals surface area (Å²) in [7, 11) is 1.62. The summed E-state index contributed by atoms with van der Waals surface area (Å²) in [5, 5.41) is 5.30. The number of amides is 1. The summed E-state index contributed by atoms with van der Waals surface area (Å²) in [4.78, 5) is 16.3. The molecule has 0 fully saturated rings. The van der Waals surface area contributed by atoms with Crippen LogP contribution >= 0.6 is 11.3 Å². The molecule has 0 bridgehead atoms. The fourth-order valence-corrected chi connectivity index (χ4v) is 2.63. The number of hydrogen-bond acceptors (Lipinski definition) is 5. The molecule has 0 aliphatic rings. The number of benzene rings is 1. The van der Waals surface area contributed by atoms with E-state index in [4.69, 9.17) is 10.5 Å². The zero-order valence-electron chi connectivity index (χ0n) is 11.7. The largest absolute Gasteiger partial charge is 0.496 e. The van der Waals surface area contributed by atoms with Gasteiger partial charge in [0, 0.05) is 23.2 Å². The van der Waals surface area contributed by atoms with E-state index in [0.29, 0.717) is 12.2 Å². The number of hydrogen-bond donors (Lipinski definition) is 2. The number of nitrogens with one attached hydrogen (secondary N) is 1. The maximum Gasteiger partial charge on any atom is 0.275 e. The number of aryl methyl sites for hydroxylation is 1. The minimum Gasteiger partial charge on any atom is -0.496 e. The van der Waals surface area contributed by atoms with E-state index in [1.165, 1.54) is 11.3 Å². The number of nitrogens with two attached hydrogens (primary N) is 1. The van der Waals surface area contributed by atoms with Gasteiger partial charge in [0.25, 0.3) is 5.91 Å². The van der Waals surface area contributed by atoms with Crippen molar-refractivity contribution in [3.63, 3.8) is 0 Å². The van der Waals surface area contributed by atoms with Crippen LogP contribution in [0.2, 0.25) is 0 Å². The van der Waals surface area contributed by atoms with Gasteiger partial charge in [0.15, 0.2) is 0 Å². The highest BCUT2D eigenvalue weighted by atomic mass is 32.1. The van der Waals surface area contributed by atoms with Gasteiger partial charge in [-0.1, -0.05) is 6.07 Å². The lowest BCUT2D eigenvalue weighted by Crippen LogP contribution is -2.14. The van der Waals surface area contributed by atoms with Crippen LogP contribution in [0.3, 0.4) is 0 Å². The van der Waals surface area contributed by atoms with E-state index >= 15 is 0 Å². The molecule has 6 heteroatoms. The first-order valence-corrected chi connectivity index (χ1v) is 7.04. The van der Waals surface area contributed by atoms with Gasteiger partial charge >= 0.3 is 0 Å². The number of thiazole rings is 1. The summed E-state index contributed by atoms with van der Waals surface area (Å²) in [6.07, 6.45) is 0. The van der Waals surface area contributed by atoms with Crippen molar-refractivity contribution in [2.45, 2.75) is 20.4 Å². The second-order valence-electron chi connectivity index (χ2n) is 4.37. The van der Waals surface area contributed by atoms with Crippen LogP contribution in [-0.2, 0) is 6.54 Å². The van der Waals surface area contributed by atoms with Crippen LogP contribution in [0.25, 0.3) is 0 Å². The number of anilines is 1. The third-order valence-corrected chi connectivity index (χ3v) is 3.89. The van der Waals surface area contributed by atoms with Gasteiger partial charge in [0.1, 0.15) is 16.5 Å². The van der Waals surface area contributed by atoms with Gasteiger partial charge in [0.2, 0.25) is 0 Å². The third-order valence-electron chi connectivity index (χ3n) is 3.01. The Hall–Kier alpha value is -1.92. The highest BCUT2D eigenvalue weighted by Gasteiger charge is 2.14. The number of rotatable bonds is 4. The molecule has 0 radical (unpaired) electrons. The molecule has 0 aliphatic carbocycles. The average molecular weight is 291 g/mol. The SMILES string of the molecule is COc1c(C)ccc(NC(=O)c2csc(CN)n2)c1C. The summed E-state index contributed by atoms with van der Waals surface area (Å²) in [5.41, 5.74) is 8.53. The number of aromatic nitrogens is 1. The Morgan fingerprint density at radius 3 is 2.80 bits per heavy atom. The quantitative estimate of drug-likeness (QED) is 0.907. The van der Waals surface area contributed by atoms with Gasteiger partial charge in [-0.2, -0.15) is 0 Å². The maximum atomic E-state index is 12.1. The second kappa shape index (κ2) is 6.02. The van der Waals surface area contributed by atoms with E-state index < -0.39 is 0 Å². The summed E-state index contributed by atoms with van der Waals surface area (Å²) < 4.78 is 5.34. The molecule has 0 atom stereocenters. The zero-order valence-corrected chi connectivity index (χ0v) is 12.5. The number of carbonyl (C=O) groups is 1. The van der Waals surface area contributed by atoms with Crippen LogP contribution in [-0.4, -0.2) is 18.0 Å². The van der Waals surface area contributed by atoms with Crippen LogP contribution in [0.1, 0.15) is 26.6 Å². The summed E-state index contributed by atoms with van der Waals surface area (Å²) in [6.45, 7) is 4.22. The first-order chi connectivity index (χ1) is 9.56. The van der Waals surface area contributed by atoms with E-state index in [-0.39, 0.29) is 5.91 Å². The van der Waals surface area contributed by atoms with Gasteiger partial charge < -0.3 is 15.8 Å². The standard InChI is InChI=1S/C14H17N3O2S/c1-8-4-5-10(9(2)13(8)19-3)17-14(18)11-7-20-12(6-15)16-11/h4-5,7H,6,15H2,1-3H3,(H,17,18). The van der Waals surface area contributed by atoms with E-state index in [0.717, 1.165) is 27.6 Å². The molecular formula is C14H17N3O2S. The molecule has 1 aromatic heterocycles. The lowest BCUT2D eigenvalue weighted by atomic mass is 10.1. The molecule has 2 rings (SSSR count). The van der Waals surface area contributed by atoms with Crippen LogP contribution in [0.4, 0.5) is 5.69 Å². The molecule has 0 saturated carbocycles. The maximum absolute atomic E-state index is 12.1. The second-order valence-corrected chi connectivity index (χ2v) is 5.32. The molecule has 0 spiro atoms. The highest BCUT2D eigenvalue weighted by molar-refractivity contribution is 7.09. The van der Waals surface area contributed by atoms with E-state index in [1.807, 2.05) is 26.0 Å². The van der Waals surface area contributed by atoms with Gasteiger partial charge in [-0.15, -0.1) is 11.3 Å². The minimum absolute atomic E-state index is 0.241. The molecule has 2 aromatic rings. The Kier molecular flexibility index (Phi) is 4.36. The molecule has 106 valence electrons. The monoisotopic (exact) mass is 291 g/mol. The van der Waals surface area contributed by atoms with Gasteiger partial charge in [0.05, 0.1) is 7.11 Å². The van der Waals surface area contributed by atoms with Crippen molar-refractivity contribution in [1.82, 2.24) is 4.98 Å². The first kappa shape index (κ1) is 14.5. The molecule has 1 heterocycles. The van der Waals surface area contributed by atoms with Gasteiger partial charge in [-0.3, -0.25) is 4.79 Å². The zero-order chi connectivity index (χ0) is 14.7. The topological polar surface area (TPSA) is 77.2 Å². The fourth-order valence-electron chi connectivity index (χ4n) is 1.97. The predicted molar refractivity (Wildman–Crippen MR) is 80.4 cm³/mol.